The number of carboxylic acid groups (broad SMARTS) is 1. The standard InChI is InChI=1S/C17H14N2O4/c18-11-16(13-6-8-14(9-7-13)19(22)23)15(10-17(20)21)12-4-2-1-3-5-12/h1-9,15-16H,10H2,(H,20,21). The van der Waals surface area contributed by atoms with Crippen LogP contribution < -0.4 is 0 Å². The van der Waals surface area contributed by atoms with Crippen LogP contribution in [0.3, 0.4) is 0 Å². The van der Waals surface area contributed by atoms with Crippen LogP contribution in [0.5, 0.6) is 0 Å². The van der Waals surface area contributed by atoms with E-state index in [1.54, 1.807) is 24.3 Å². The van der Waals surface area contributed by atoms with Gasteiger partial charge in [-0.1, -0.05) is 42.5 Å². The van der Waals surface area contributed by atoms with Gasteiger partial charge in [0.15, 0.2) is 0 Å². The smallest absolute Gasteiger partial charge is 0.304 e. The van der Waals surface area contributed by atoms with Gasteiger partial charge in [-0.25, -0.2) is 0 Å². The van der Waals surface area contributed by atoms with Gasteiger partial charge in [0, 0.05) is 18.1 Å². The molecule has 0 aromatic heterocycles. The molecule has 0 amide bonds. The topological polar surface area (TPSA) is 104 Å². The van der Waals surface area contributed by atoms with Crippen LogP contribution in [0.15, 0.2) is 54.6 Å². The van der Waals surface area contributed by atoms with Gasteiger partial charge in [-0.2, -0.15) is 5.26 Å². The Balaban J connectivity index is 2.40. The molecule has 116 valence electrons. The largest absolute Gasteiger partial charge is 0.481 e. The fourth-order valence-corrected chi connectivity index (χ4v) is 2.52. The zero-order valence-corrected chi connectivity index (χ0v) is 12.1. The second-order valence-electron chi connectivity index (χ2n) is 5.07. The summed E-state index contributed by atoms with van der Waals surface area (Å²) in [4.78, 5) is 21.4. The Morgan fingerprint density at radius 1 is 1.13 bits per heavy atom. The molecule has 0 heterocycles. The zero-order valence-electron chi connectivity index (χ0n) is 12.1. The molecular weight excluding hydrogens is 296 g/mol. The lowest BCUT2D eigenvalue weighted by molar-refractivity contribution is -0.384. The third-order valence-electron chi connectivity index (χ3n) is 3.63. The van der Waals surface area contributed by atoms with Crippen molar-refractivity contribution in [3.8, 4) is 6.07 Å². The Bertz CT molecular complexity index is 735. The average Bonchev–Trinajstić information content (AvgIpc) is 2.55. The number of benzene rings is 2. The highest BCUT2D eigenvalue weighted by Crippen LogP contribution is 2.35. The molecule has 0 saturated heterocycles. The number of hydrogen-bond donors (Lipinski definition) is 1. The summed E-state index contributed by atoms with van der Waals surface area (Å²) in [5.74, 6) is -2.23. The van der Waals surface area contributed by atoms with Crippen molar-refractivity contribution < 1.29 is 14.8 Å². The van der Waals surface area contributed by atoms with Crippen LogP contribution in [0, 0.1) is 21.4 Å². The van der Waals surface area contributed by atoms with Crippen molar-refractivity contribution in [1.82, 2.24) is 0 Å². The lowest BCUT2D eigenvalue weighted by Gasteiger charge is -2.21. The third-order valence-corrected chi connectivity index (χ3v) is 3.63. The minimum atomic E-state index is -0.999. The van der Waals surface area contributed by atoms with E-state index in [9.17, 15) is 20.2 Å². The Hall–Kier alpha value is -3.20. The van der Waals surface area contributed by atoms with E-state index >= 15 is 0 Å². The average molecular weight is 310 g/mol. The van der Waals surface area contributed by atoms with Gasteiger partial charge in [0.2, 0.25) is 0 Å². The maximum absolute atomic E-state index is 11.2. The third kappa shape index (κ3) is 3.92. The first kappa shape index (κ1) is 16.2. The molecule has 1 N–H and O–H groups in total. The van der Waals surface area contributed by atoms with Crippen LogP contribution in [0.25, 0.3) is 0 Å². The van der Waals surface area contributed by atoms with Crippen molar-refractivity contribution in [2.45, 2.75) is 18.3 Å². The number of aliphatic carboxylic acids is 1. The predicted molar refractivity (Wildman–Crippen MR) is 82.9 cm³/mol. The van der Waals surface area contributed by atoms with E-state index in [1.165, 1.54) is 24.3 Å². The molecular formula is C17H14N2O4. The van der Waals surface area contributed by atoms with Crippen LogP contribution in [-0.4, -0.2) is 16.0 Å². The molecule has 2 unspecified atom stereocenters. The molecule has 0 spiro atoms. The fraction of sp³-hybridized carbons (Fsp3) is 0.176. The molecule has 0 aliphatic rings. The van der Waals surface area contributed by atoms with Gasteiger partial charge in [-0.15, -0.1) is 0 Å². The first-order valence-electron chi connectivity index (χ1n) is 6.93. The van der Waals surface area contributed by atoms with Gasteiger partial charge < -0.3 is 5.11 Å². The monoisotopic (exact) mass is 310 g/mol. The van der Waals surface area contributed by atoms with Crippen molar-refractivity contribution in [2.75, 3.05) is 0 Å². The lowest BCUT2D eigenvalue weighted by Crippen LogP contribution is -2.14. The number of rotatable bonds is 6. The first-order valence-corrected chi connectivity index (χ1v) is 6.93. The van der Waals surface area contributed by atoms with Gasteiger partial charge in [-0.3, -0.25) is 14.9 Å². The van der Waals surface area contributed by atoms with E-state index in [0.29, 0.717) is 5.56 Å². The Kier molecular flexibility index (Phi) is 5.05. The van der Waals surface area contributed by atoms with Gasteiger partial charge in [0.25, 0.3) is 5.69 Å². The van der Waals surface area contributed by atoms with Crippen LogP contribution in [-0.2, 0) is 4.79 Å². The fourth-order valence-electron chi connectivity index (χ4n) is 2.52. The van der Waals surface area contributed by atoms with Crippen molar-refractivity contribution in [3.05, 3.63) is 75.8 Å². The quantitative estimate of drug-likeness (QED) is 0.650. The molecule has 23 heavy (non-hydrogen) atoms. The van der Waals surface area contributed by atoms with E-state index in [-0.39, 0.29) is 12.1 Å². The van der Waals surface area contributed by atoms with Crippen molar-refractivity contribution >= 4 is 11.7 Å². The van der Waals surface area contributed by atoms with Crippen molar-refractivity contribution in [1.29, 1.82) is 5.26 Å². The number of nitriles is 1. The number of non-ortho nitro benzene ring substituents is 1. The van der Waals surface area contributed by atoms with Gasteiger partial charge in [0.05, 0.1) is 23.3 Å². The predicted octanol–water partition coefficient (Wildman–Crippen LogP) is 3.46. The molecule has 0 saturated carbocycles. The van der Waals surface area contributed by atoms with E-state index < -0.39 is 22.7 Å². The summed E-state index contributed by atoms with van der Waals surface area (Å²) >= 11 is 0. The maximum atomic E-state index is 11.2. The second-order valence-corrected chi connectivity index (χ2v) is 5.07. The minimum Gasteiger partial charge on any atom is -0.481 e. The number of nitro groups is 1. The molecule has 6 nitrogen and oxygen atoms in total. The van der Waals surface area contributed by atoms with E-state index in [1.807, 2.05) is 6.07 Å². The second kappa shape index (κ2) is 7.18. The van der Waals surface area contributed by atoms with Gasteiger partial charge in [-0.05, 0) is 11.1 Å². The molecule has 0 aliphatic carbocycles. The summed E-state index contributed by atoms with van der Waals surface area (Å²) in [5, 5.41) is 29.4. The van der Waals surface area contributed by atoms with E-state index in [0.717, 1.165) is 5.56 Å². The van der Waals surface area contributed by atoms with Crippen molar-refractivity contribution in [3.63, 3.8) is 0 Å². The minimum absolute atomic E-state index is 0.0695. The lowest BCUT2D eigenvalue weighted by atomic mass is 9.80. The molecule has 0 aliphatic heterocycles. The van der Waals surface area contributed by atoms with Gasteiger partial charge in [0.1, 0.15) is 0 Å². The molecule has 2 aromatic carbocycles. The highest BCUT2D eigenvalue weighted by Gasteiger charge is 2.27. The summed E-state index contributed by atoms with van der Waals surface area (Å²) in [6.07, 6.45) is -0.195. The highest BCUT2D eigenvalue weighted by atomic mass is 16.6. The van der Waals surface area contributed by atoms with Crippen LogP contribution in [0.1, 0.15) is 29.4 Å². The summed E-state index contributed by atoms with van der Waals surface area (Å²) < 4.78 is 0. The molecule has 2 aromatic rings. The van der Waals surface area contributed by atoms with Gasteiger partial charge >= 0.3 is 5.97 Å². The summed E-state index contributed by atoms with van der Waals surface area (Å²) in [7, 11) is 0. The number of nitrogens with zero attached hydrogens (tertiary/aromatic N) is 2. The number of carbonyl (C=O) groups is 1. The number of hydrogen-bond acceptors (Lipinski definition) is 4. The van der Waals surface area contributed by atoms with Crippen LogP contribution in [0.4, 0.5) is 5.69 Å². The van der Waals surface area contributed by atoms with Crippen LogP contribution in [0.2, 0.25) is 0 Å². The molecule has 2 atom stereocenters. The zero-order chi connectivity index (χ0) is 16.8. The Labute approximate surface area is 132 Å². The molecule has 0 radical (unpaired) electrons. The summed E-state index contributed by atoms with van der Waals surface area (Å²) in [6.45, 7) is 0. The highest BCUT2D eigenvalue weighted by molar-refractivity contribution is 5.68. The Morgan fingerprint density at radius 3 is 2.22 bits per heavy atom. The Morgan fingerprint density at radius 2 is 1.74 bits per heavy atom. The SMILES string of the molecule is N#CC(c1ccc([N+](=O)[O-])cc1)C(CC(=O)O)c1ccccc1. The first-order chi connectivity index (χ1) is 11.0. The molecule has 0 bridgehead atoms. The van der Waals surface area contributed by atoms with E-state index in [2.05, 4.69) is 6.07 Å². The van der Waals surface area contributed by atoms with E-state index in [4.69, 9.17) is 5.11 Å². The molecule has 2 rings (SSSR count). The van der Waals surface area contributed by atoms with Crippen molar-refractivity contribution in [2.24, 2.45) is 0 Å². The summed E-state index contributed by atoms with van der Waals surface area (Å²) in [6, 6.07) is 16.7. The van der Waals surface area contributed by atoms with Crippen LogP contribution >= 0.6 is 0 Å². The molecule has 0 fully saturated rings. The normalized spacial score (nSPS) is 12.8. The number of carboxylic acids is 1. The molecule has 6 heteroatoms. The summed E-state index contributed by atoms with van der Waals surface area (Å²) in [5.41, 5.74) is 1.24. The maximum Gasteiger partial charge on any atom is 0.304 e. The number of nitro benzene ring substituents is 1.